The lowest BCUT2D eigenvalue weighted by Gasteiger charge is -2.14. The van der Waals surface area contributed by atoms with Gasteiger partial charge in [0, 0.05) is 0 Å². The molecule has 0 spiro atoms. The molecule has 134 valence electrons. The summed E-state index contributed by atoms with van der Waals surface area (Å²) in [5, 5.41) is 4.68. The van der Waals surface area contributed by atoms with Crippen LogP contribution in [0.15, 0.2) is 41.3 Å². The molecule has 1 heterocycles. The molecular formula is C15H8Cl2N2O6S. The van der Waals surface area contributed by atoms with E-state index in [9.17, 15) is 22.8 Å². The van der Waals surface area contributed by atoms with Crippen molar-refractivity contribution in [3.63, 3.8) is 0 Å². The zero-order chi connectivity index (χ0) is 19.2. The van der Waals surface area contributed by atoms with Crippen molar-refractivity contribution in [2.75, 3.05) is 0 Å². The zero-order valence-electron chi connectivity index (χ0n) is 12.6. The average Bonchev–Trinajstić information content (AvgIpc) is 2.81. The number of carbonyl (C=O) groups excluding carboxylic acids is 3. The predicted octanol–water partition coefficient (Wildman–Crippen LogP) is 2.01. The Kier molecular flexibility index (Phi) is 4.49. The van der Waals surface area contributed by atoms with Crippen molar-refractivity contribution in [1.29, 1.82) is 0 Å². The summed E-state index contributed by atoms with van der Waals surface area (Å²) in [6.45, 7) is 0. The third-order valence-electron chi connectivity index (χ3n) is 3.48. The van der Waals surface area contributed by atoms with Crippen LogP contribution in [-0.2, 0) is 14.9 Å². The lowest BCUT2D eigenvalue weighted by molar-refractivity contribution is -0.0584. The number of imide groups is 1. The van der Waals surface area contributed by atoms with Crippen molar-refractivity contribution in [1.82, 2.24) is 5.06 Å². The number of rotatable bonds is 3. The van der Waals surface area contributed by atoms with Gasteiger partial charge in [-0.2, -0.15) is 0 Å². The number of halogens is 2. The fourth-order valence-corrected chi connectivity index (χ4v) is 3.29. The molecule has 0 atom stereocenters. The molecule has 0 fully saturated rings. The normalized spacial score (nSPS) is 13.7. The van der Waals surface area contributed by atoms with Gasteiger partial charge in [0.2, 0.25) is 10.0 Å². The third-order valence-corrected chi connectivity index (χ3v) is 5.18. The maximum absolute atomic E-state index is 12.3. The number of fused-ring (bicyclic) bond motifs is 1. The quantitative estimate of drug-likeness (QED) is 0.765. The van der Waals surface area contributed by atoms with E-state index in [-0.39, 0.29) is 26.2 Å². The largest absolute Gasteiger partial charge is 0.365 e. The first-order chi connectivity index (χ1) is 12.1. The average molecular weight is 415 g/mol. The zero-order valence-corrected chi connectivity index (χ0v) is 14.9. The molecule has 1 aliphatic rings. The summed E-state index contributed by atoms with van der Waals surface area (Å²) in [4.78, 5) is 41.1. The van der Waals surface area contributed by atoms with Crippen LogP contribution in [0.1, 0.15) is 31.1 Å². The lowest BCUT2D eigenvalue weighted by Crippen LogP contribution is -2.32. The number of hydrogen-bond donors (Lipinski definition) is 1. The monoisotopic (exact) mass is 414 g/mol. The number of amides is 2. The molecule has 11 heteroatoms. The Labute approximate surface area is 157 Å². The maximum atomic E-state index is 12.3. The first-order valence-corrected chi connectivity index (χ1v) is 9.13. The Balaban J connectivity index is 1.96. The van der Waals surface area contributed by atoms with Crippen LogP contribution in [0, 0.1) is 0 Å². The Hall–Kier alpha value is -2.46. The number of nitrogens with zero attached hydrogens (tertiary/aromatic N) is 1. The van der Waals surface area contributed by atoms with Gasteiger partial charge in [-0.15, -0.1) is 0 Å². The minimum atomic E-state index is -4.19. The molecule has 3 rings (SSSR count). The molecule has 2 N–H and O–H groups in total. The number of hydroxylamine groups is 2. The Bertz CT molecular complexity index is 1050. The molecule has 0 saturated heterocycles. The summed E-state index contributed by atoms with van der Waals surface area (Å²) < 4.78 is 22.9. The molecule has 0 bridgehead atoms. The van der Waals surface area contributed by atoms with E-state index in [1.54, 1.807) is 12.1 Å². The molecule has 0 aliphatic carbocycles. The van der Waals surface area contributed by atoms with E-state index in [0.29, 0.717) is 0 Å². The fourth-order valence-electron chi connectivity index (χ4n) is 2.26. The topological polar surface area (TPSA) is 124 Å². The van der Waals surface area contributed by atoms with Crippen LogP contribution in [-0.4, -0.2) is 31.3 Å². The second-order valence-electron chi connectivity index (χ2n) is 5.14. The molecule has 0 aromatic heterocycles. The maximum Gasteiger partial charge on any atom is 0.365 e. The second kappa shape index (κ2) is 6.36. The van der Waals surface area contributed by atoms with Gasteiger partial charge in [-0.25, -0.2) is 18.4 Å². The predicted molar refractivity (Wildman–Crippen MR) is 90.2 cm³/mol. The molecule has 8 nitrogen and oxygen atoms in total. The molecule has 0 unspecified atom stereocenters. The number of sulfonamides is 1. The molecule has 2 aromatic carbocycles. The van der Waals surface area contributed by atoms with Gasteiger partial charge in [0.15, 0.2) is 0 Å². The van der Waals surface area contributed by atoms with Crippen molar-refractivity contribution in [2.24, 2.45) is 5.14 Å². The van der Waals surface area contributed by atoms with E-state index in [1.807, 2.05) is 0 Å². The van der Waals surface area contributed by atoms with Crippen LogP contribution in [0.5, 0.6) is 0 Å². The van der Waals surface area contributed by atoms with Crippen molar-refractivity contribution >= 4 is 51.0 Å². The van der Waals surface area contributed by atoms with Gasteiger partial charge in [0.05, 0.1) is 31.6 Å². The third kappa shape index (κ3) is 3.06. The first-order valence-electron chi connectivity index (χ1n) is 6.83. The Morgan fingerprint density at radius 2 is 1.58 bits per heavy atom. The van der Waals surface area contributed by atoms with Gasteiger partial charge < -0.3 is 4.84 Å². The minimum absolute atomic E-state index is 0.0627. The number of benzene rings is 2. The van der Waals surface area contributed by atoms with E-state index in [2.05, 4.69) is 0 Å². The summed E-state index contributed by atoms with van der Waals surface area (Å²) in [5.41, 5.74) is -0.347. The van der Waals surface area contributed by atoms with E-state index in [1.165, 1.54) is 12.1 Å². The molecular weight excluding hydrogens is 407 g/mol. The van der Waals surface area contributed by atoms with Crippen LogP contribution in [0.25, 0.3) is 0 Å². The number of carbonyl (C=O) groups is 3. The smallest absolute Gasteiger partial charge is 0.324 e. The summed E-state index contributed by atoms with van der Waals surface area (Å²) in [6, 6.07) is 7.68. The van der Waals surface area contributed by atoms with Crippen LogP contribution in [0.2, 0.25) is 10.0 Å². The molecule has 2 amide bonds. The molecule has 26 heavy (non-hydrogen) atoms. The highest BCUT2D eigenvalue weighted by Crippen LogP contribution is 2.31. The minimum Gasteiger partial charge on any atom is -0.324 e. The van der Waals surface area contributed by atoms with Crippen molar-refractivity contribution < 1.29 is 27.6 Å². The highest BCUT2D eigenvalue weighted by Gasteiger charge is 2.39. The number of primary sulfonamides is 1. The lowest BCUT2D eigenvalue weighted by atomic mass is 10.1. The van der Waals surface area contributed by atoms with Crippen molar-refractivity contribution in [2.45, 2.75) is 4.90 Å². The van der Waals surface area contributed by atoms with Gasteiger partial charge in [0.25, 0.3) is 11.8 Å². The summed E-state index contributed by atoms with van der Waals surface area (Å²) in [7, 11) is -4.19. The van der Waals surface area contributed by atoms with Gasteiger partial charge in [-0.3, -0.25) is 9.59 Å². The Morgan fingerprint density at radius 3 is 2.08 bits per heavy atom. The molecule has 0 radical (unpaired) electrons. The Morgan fingerprint density at radius 1 is 1.04 bits per heavy atom. The first kappa shape index (κ1) is 18.3. The van der Waals surface area contributed by atoms with Crippen LogP contribution in [0.4, 0.5) is 0 Å². The van der Waals surface area contributed by atoms with E-state index in [4.69, 9.17) is 33.2 Å². The van der Waals surface area contributed by atoms with Crippen LogP contribution in [0.3, 0.4) is 0 Å². The van der Waals surface area contributed by atoms with Gasteiger partial charge >= 0.3 is 5.97 Å². The molecule has 0 saturated carbocycles. The van der Waals surface area contributed by atoms with E-state index >= 15 is 0 Å². The van der Waals surface area contributed by atoms with Crippen molar-refractivity contribution in [3.05, 3.63) is 63.1 Å². The standard InChI is InChI=1S/C15H8Cl2N2O6S/c16-11-6-7(26(18,23)24)5-10(12(11)17)15(22)25-19-13(20)8-3-1-2-4-9(8)14(19)21/h1-6H,(H2,18,23,24). The molecule has 1 aliphatic heterocycles. The van der Waals surface area contributed by atoms with Gasteiger partial charge in [0.1, 0.15) is 0 Å². The van der Waals surface area contributed by atoms with Crippen molar-refractivity contribution in [3.8, 4) is 0 Å². The fraction of sp³-hybridized carbons (Fsp3) is 0. The van der Waals surface area contributed by atoms with E-state index in [0.717, 1.165) is 12.1 Å². The summed E-state index contributed by atoms with van der Waals surface area (Å²) >= 11 is 11.7. The van der Waals surface area contributed by atoms with Gasteiger partial charge in [-0.1, -0.05) is 40.4 Å². The highest BCUT2D eigenvalue weighted by molar-refractivity contribution is 7.89. The number of hydrogen-bond acceptors (Lipinski definition) is 6. The summed E-state index contributed by atoms with van der Waals surface area (Å²) in [6.07, 6.45) is 0. The molecule has 2 aromatic rings. The highest BCUT2D eigenvalue weighted by atomic mass is 35.5. The van der Waals surface area contributed by atoms with Crippen LogP contribution < -0.4 is 5.14 Å². The summed E-state index contributed by atoms with van der Waals surface area (Å²) in [5.74, 6) is -2.94. The number of nitrogens with two attached hydrogens (primary N) is 1. The van der Waals surface area contributed by atoms with Crippen LogP contribution >= 0.6 is 23.2 Å². The van der Waals surface area contributed by atoms with Gasteiger partial charge in [-0.05, 0) is 24.3 Å². The SMILES string of the molecule is NS(=O)(=O)c1cc(Cl)c(Cl)c(C(=O)ON2C(=O)c3ccccc3C2=O)c1. The second-order valence-corrected chi connectivity index (χ2v) is 7.49. The van der Waals surface area contributed by atoms with E-state index < -0.39 is 38.3 Å².